The molecule has 0 bridgehead atoms. The van der Waals surface area contributed by atoms with E-state index in [1.165, 1.54) is 24.1 Å². The molecule has 2 heterocycles. The molecule has 0 aliphatic carbocycles. The molecular formula is C18H20FN3O4. The number of H-pyrrole nitrogens is 1. The number of methoxy groups -OCH3 is 1. The van der Waals surface area contributed by atoms with E-state index in [4.69, 9.17) is 4.74 Å². The van der Waals surface area contributed by atoms with E-state index in [-0.39, 0.29) is 17.7 Å². The van der Waals surface area contributed by atoms with Crippen molar-refractivity contribution in [2.75, 3.05) is 7.11 Å². The first-order valence-electron chi connectivity index (χ1n) is 8.12. The highest BCUT2D eigenvalue weighted by Crippen LogP contribution is 2.33. The van der Waals surface area contributed by atoms with Gasteiger partial charge in [0.2, 0.25) is 0 Å². The van der Waals surface area contributed by atoms with Gasteiger partial charge in [0, 0.05) is 11.1 Å². The number of carbonyl (C=O) groups excluding carboxylic acids is 2. The van der Waals surface area contributed by atoms with Crippen molar-refractivity contribution in [2.24, 2.45) is 0 Å². The third-order valence-corrected chi connectivity index (χ3v) is 3.95. The fourth-order valence-corrected chi connectivity index (χ4v) is 2.77. The molecule has 1 aliphatic rings. The third-order valence-electron chi connectivity index (χ3n) is 3.95. The normalized spacial score (nSPS) is 13.5. The largest absolute Gasteiger partial charge is 0.465 e. The van der Waals surface area contributed by atoms with Crippen LogP contribution in [-0.2, 0) is 22.6 Å². The van der Waals surface area contributed by atoms with Crippen LogP contribution in [0.25, 0.3) is 11.3 Å². The third kappa shape index (κ3) is 3.40. The molecule has 0 saturated heterocycles. The van der Waals surface area contributed by atoms with E-state index in [0.717, 1.165) is 17.3 Å². The van der Waals surface area contributed by atoms with Crippen molar-refractivity contribution in [2.45, 2.75) is 39.5 Å². The Morgan fingerprint density at radius 1 is 1.27 bits per heavy atom. The van der Waals surface area contributed by atoms with E-state index in [0.29, 0.717) is 12.2 Å². The second-order valence-electron chi connectivity index (χ2n) is 7.05. The molecule has 138 valence electrons. The molecule has 8 heteroatoms. The van der Waals surface area contributed by atoms with E-state index in [1.807, 2.05) is 0 Å². The number of nitrogens with one attached hydrogen (secondary N) is 1. The van der Waals surface area contributed by atoms with Crippen molar-refractivity contribution in [1.29, 1.82) is 0 Å². The fourth-order valence-electron chi connectivity index (χ4n) is 2.77. The number of benzene rings is 1. The summed E-state index contributed by atoms with van der Waals surface area (Å²) in [6, 6.07) is 4.07. The standard InChI is InChI=1S/C18H20FN3O4/c1-18(2,3)26-17(24)22-8-12-14(9-22)20-21-15(12)11-6-5-10(7-13(11)19)16(23)25-4/h5-7H,8-9H2,1-4H3,(H,20,21). The predicted octanol–water partition coefficient (Wildman–Crippen LogP) is 3.25. The summed E-state index contributed by atoms with van der Waals surface area (Å²) in [5, 5.41) is 7.02. The van der Waals surface area contributed by atoms with Crippen LogP contribution in [0.2, 0.25) is 0 Å². The van der Waals surface area contributed by atoms with Gasteiger partial charge in [-0.05, 0) is 39.0 Å². The van der Waals surface area contributed by atoms with E-state index in [2.05, 4.69) is 14.9 Å². The maximum atomic E-state index is 14.5. The number of carbonyl (C=O) groups is 2. The van der Waals surface area contributed by atoms with Crippen LogP contribution in [0.4, 0.5) is 9.18 Å². The Hall–Kier alpha value is -2.90. The van der Waals surface area contributed by atoms with Crippen molar-refractivity contribution in [3.8, 4) is 11.3 Å². The molecule has 0 spiro atoms. The van der Waals surface area contributed by atoms with Crippen LogP contribution < -0.4 is 0 Å². The molecular weight excluding hydrogens is 341 g/mol. The highest BCUT2D eigenvalue weighted by atomic mass is 19.1. The molecule has 1 aromatic heterocycles. The lowest BCUT2D eigenvalue weighted by molar-refractivity contribution is 0.0239. The number of nitrogens with zero attached hydrogens (tertiary/aromatic N) is 2. The van der Waals surface area contributed by atoms with Gasteiger partial charge in [0.05, 0.1) is 31.5 Å². The summed E-state index contributed by atoms with van der Waals surface area (Å²) < 4.78 is 24.5. The van der Waals surface area contributed by atoms with Crippen molar-refractivity contribution in [3.05, 3.63) is 40.8 Å². The minimum absolute atomic E-state index is 0.122. The Morgan fingerprint density at radius 2 is 2.00 bits per heavy atom. The Labute approximate surface area is 150 Å². The van der Waals surface area contributed by atoms with Gasteiger partial charge in [0.1, 0.15) is 17.1 Å². The van der Waals surface area contributed by atoms with Crippen LogP contribution in [0.15, 0.2) is 18.2 Å². The van der Waals surface area contributed by atoms with Crippen molar-refractivity contribution in [3.63, 3.8) is 0 Å². The molecule has 26 heavy (non-hydrogen) atoms. The van der Waals surface area contributed by atoms with Gasteiger partial charge in [-0.15, -0.1) is 0 Å². The quantitative estimate of drug-likeness (QED) is 0.830. The SMILES string of the molecule is COC(=O)c1ccc(-c2n[nH]c3c2CN(C(=O)OC(C)(C)C)C3)c(F)c1. The lowest BCUT2D eigenvalue weighted by atomic mass is 10.0. The minimum atomic E-state index is -0.612. The average molecular weight is 361 g/mol. The monoisotopic (exact) mass is 361 g/mol. The molecule has 1 amide bonds. The molecule has 1 N–H and O–H groups in total. The topological polar surface area (TPSA) is 84.5 Å². The van der Waals surface area contributed by atoms with Gasteiger partial charge in [0.15, 0.2) is 0 Å². The van der Waals surface area contributed by atoms with Crippen molar-refractivity contribution < 1.29 is 23.5 Å². The second kappa shape index (κ2) is 6.44. The number of amides is 1. The number of hydrogen-bond donors (Lipinski definition) is 1. The fraction of sp³-hybridized carbons (Fsp3) is 0.389. The van der Waals surface area contributed by atoms with Gasteiger partial charge in [-0.3, -0.25) is 10.00 Å². The van der Waals surface area contributed by atoms with Crippen molar-refractivity contribution in [1.82, 2.24) is 15.1 Å². The predicted molar refractivity (Wildman–Crippen MR) is 90.8 cm³/mol. The first-order valence-corrected chi connectivity index (χ1v) is 8.12. The zero-order chi connectivity index (χ0) is 19.1. The van der Waals surface area contributed by atoms with E-state index >= 15 is 0 Å². The number of aromatic nitrogens is 2. The highest BCUT2D eigenvalue weighted by molar-refractivity contribution is 5.90. The Morgan fingerprint density at radius 3 is 2.62 bits per heavy atom. The maximum Gasteiger partial charge on any atom is 0.410 e. The van der Waals surface area contributed by atoms with Gasteiger partial charge in [-0.2, -0.15) is 5.10 Å². The van der Waals surface area contributed by atoms with Crippen molar-refractivity contribution >= 4 is 12.1 Å². The molecule has 1 aliphatic heterocycles. The lowest BCUT2D eigenvalue weighted by Gasteiger charge is -2.24. The van der Waals surface area contributed by atoms with Gasteiger partial charge in [0.25, 0.3) is 0 Å². The molecule has 0 atom stereocenters. The summed E-state index contributed by atoms with van der Waals surface area (Å²) >= 11 is 0. The summed E-state index contributed by atoms with van der Waals surface area (Å²) in [6.07, 6.45) is -0.436. The number of halogens is 1. The summed E-state index contributed by atoms with van der Waals surface area (Å²) in [7, 11) is 1.24. The molecule has 3 rings (SSSR count). The van der Waals surface area contributed by atoms with Crippen LogP contribution in [0.3, 0.4) is 0 Å². The maximum absolute atomic E-state index is 14.5. The van der Waals surface area contributed by atoms with E-state index in [1.54, 1.807) is 20.8 Å². The summed E-state index contributed by atoms with van der Waals surface area (Å²) in [6.45, 7) is 5.98. The lowest BCUT2D eigenvalue weighted by Crippen LogP contribution is -2.33. The number of hydrogen-bond acceptors (Lipinski definition) is 5. The summed E-state index contributed by atoms with van der Waals surface area (Å²) in [5.74, 6) is -1.20. The first kappa shape index (κ1) is 17.9. The molecule has 0 saturated carbocycles. The smallest absolute Gasteiger partial charge is 0.410 e. The van der Waals surface area contributed by atoms with Crippen LogP contribution >= 0.6 is 0 Å². The van der Waals surface area contributed by atoms with E-state index < -0.39 is 23.5 Å². The number of aromatic amines is 1. The number of ether oxygens (including phenoxy) is 2. The zero-order valence-electron chi connectivity index (χ0n) is 15.1. The number of esters is 1. The first-order chi connectivity index (χ1) is 12.2. The summed E-state index contributed by atoms with van der Waals surface area (Å²) in [5.41, 5.74) is 1.67. The second-order valence-corrected chi connectivity index (χ2v) is 7.05. The molecule has 2 aromatic rings. The number of rotatable bonds is 2. The Kier molecular flexibility index (Phi) is 4.43. The van der Waals surface area contributed by atoms with Crippen LogP contribution in [0.1, 0.15) is 42.4 Å². The van der Waals surface area contributed by atoms with Crippen LogP contribution in [-0.4, -0.2) is 39.9 Å². The Bertz CT molecular complexity index is 870. The molecule has 0 radical (unpaired) electrons. The van der Waals surface area contributed by atoms with Crippen LogP contribution in [0.5, 0.6) is 0 Å². The van der Waals surface area contributed by atoms with Gasteiger partial charge < -0.3 is 9.47 Å². The van der Waals surface area contributed by atoms with Gasteiger partial charge in [-0.1, -0.05) is 0 Å². The molecule has 7 nitrogen and oxygen atoms in total. The van der Waals surface area contributed by atoms with E-state index in [9.17, 15) is 14.0 Å². The highest BCUT2D eigenvalue weighted by Gasteiger charge is 2.32. The average Bonchev–Trinajstić information content (AvgIpc) is 3.13. The molecule has 0 fully saturated rings. The van der Waals surface area contributed by atoms with Gasteiger partial charge >= 0.3 is 12.1 Å². The van der Waals surface area contributed by atoms with Gasteiger partial charge in [-0.25, -0.2) is 14.0 Å². The number of fused-ring (bicyclic) bond motifs is 1. The Balaban J connectivity index is 1.85. The van der Waals surface area contributed by atoms with Crippen LogP contribution in [0, 0.1) is 5.82 Å². The zero-order valence-corrected chi connectivity index (χ0v) is 15.1. The molecule has 1 aromatic carbocycles. The molecule has 0 unspecified atom stereocenters. The minimum Gasteiger partial charge on any atom is -0.465 e. The summed E-state index contributed by atoms with van der Waals surface area (Å²) in [4.78, 5) is 25.3.